The molecule has 29 heavy (non-hydrogen) atoms. The number of hydrogen-bond donors (Lipinski definition) is 0. The van der Waals surface area contributed by atoms with Gasteiger partial charge < -0.3 is 14.2 Å². The van der Waals surface area contributed by atoms with Gasteiger partial charge in [0.2, 0.25) is 0 Å². The molecule has 0 N–H and O–H groups in total. The van der Waals surface area contributed by atoms with E-state index in [-0.39, 0.29) is 5.82 Å². The normalized spacial score (nSPS) is 16.9. The number of rotatable bonds is 7. The molecule has 1 aromatic heterocycles. The molecule has 1 saturated heterocycles. The van der Waals surface area contributed by atoms with Gasteiger partial charge in [-0.25, -0.2) is 4.39 Å². The number of nitrogens with zero attached hydrogens (tertiary/aromatic N) is 2. The maximum absolute atomic E-state index is 13.0. The Morgan fingerprint density at radius 2 is 1.93 bits per heavy atom. The average molecular weight is 397 g/mol. The number of aromatic nitrogens is 1. The van der Waals surface area contributed by atoms with E-state index >= 15 is 0 Å². The number of fused-ring (bicyclic) bond motifs is 1. The van der Waals surface area contributed by atoms with Crippen molar-refractivity contribution >= 4 is 11.0 Å². The zero-order valence-electron chi connectivity index (χ0n) is 17.2. The third kappa shape index (κ3) is 4.96. The second-order valence-electron chi connectivity index (χ2n) is 8.33. The van der Waals surface area contributed by atoms with Crippen molar-refractivity contribution in [3.05, 3.63) is 59.4 Å². The van der Waals surface area contributed by atoms with Gasteiger partial charge in [0.1, 0.15) is 5.82 Å². The highest BCUT2D eigenvalue weighted by Gasteiger charge is 2.24. The fourth-order valence-electron chi connectivity index (χ4n) is 4.16. The number of aryl methyl sites for hydroxylation is 1. The van der Waals surface area contributed by atoms with Gasteiger partial charge in [0, 0.05) is 6.54 Å². The fraction of sp³-hybridized carbons (Fsp3) is 0.458. The van der Waals surface area contributed by atoms with Gasteiger partial charge in [0.15, 0.2) is 5.58 Å². The fourth-order valence-corrected chi connectivity index (χ4v) is 4.16. The van der Waals surface area contributed by atoms with Crippen LogP contribution in [0, 0.1) is 24.6 Å². The van der Waals surface area contributed by atoms with Gasteiger partial charge in [-0.1, -0.05) is 25.1 Å². The first-order chi connectivity index (χ1) is 14.1. The number of likely N-dealkylation sites (tertiary alicyclic amines) is 1. The summed E-state index contributed by atoms with van der Waals surface area (Å²) in [5.74, 6) is 1.58. The molecular weight excluding hydrogens is 367 g/mol. The quantitative estimate of drug-likeness (QED) is 0.547. The summed E-state index contributed by atoms with van der Waals surface area (Å²) in [5, 5.41) is 5.04. The molecule has 4 rings (SSSR count). The Morgan fingerprint density at radius 1 is 1.17 bits per heavy atom. The lowest BCUT2D eigenvalue weighted by Gasteiger charge is -2.34. The number of halogens is 1. The molecule has 0 radical (unpaired) electrons. The molecule has 0 spiro atoms. The van der Waals surface area contributed by atoms with Crippen molar-refractivity contribution in [3.63, 3.8) is 0 Å². The molecular formula is C24H29FN2O2. The van der Waals surface area contributed by atoms with Crippen LogP contribution < -0.4 is 4.74 Å². The van der Waals surface area contributed by atoms with Crippen LogP contribution in [-0.2, 0) is 6.42 Å². The van der Waals surface area contributed by atoms with E-state index in [0.29, 0.717) is 24.3 Å². The molecule has 1 aliphatic rings. The van der Waals surface area contributed by atoms with Gasteiger partial charge >= 0.3 is 0 Å². The summed E-state index contributed by atoms with van der Waals surface area (Å²) < 4.78 is 24.4. The van der Waals surface area contributed by atoms with E-state index in [1.54, 1.807) is 12.1 Å². The Kier molecular flexibility index (Phi) is 6.14. The standard InChI is InChI=1S/C24H29FN2O2/c1-17-3-8-22-23(15-17)29-26-24(22)28-16-18(2)20-10-13-27(14-11-20)12-9-19-4-6-21(25)7-5-19/h3-8,15,18,20H,9-14,16H2,1-2H3. The van der Waals surface area contributed by atoms with Crippen LogP contribution in [0.3, 0.4) is 0 Å². The summed E-state index contributed by atoms with van der Waals surface area (Å²) in [6.45, 7) is 8.23. The van der Waals surface area contributed by atoms with Crippen molar-refractivity contribution in [3.8, 4) is 5.88 Å². The predicted molar refractivity (Wildman–Crippen MR) is 113 cm³/mol. The lowest BCUT2D eigenvalue weighted by atomic mass is 9.86. The first-order valence-corrected chi connectivity index (χ1v) is 10.5. The predicted octanol–water partition coefficient (Wildman–Crippen LogP) is 5.24. The molecule has 0 aliphatic carbocycles. The third-order valence-electron chi connectivity index (χ3n) is 6.14. The van der Waals surface area contributed by atoms with Gasteiger partial charge in [-0.15, -0.1) is 0 Å². The Balaban J connectivity index is 1.22. The summed E-state index contributed by atoms with van der Waals surface area (Å²) in [6, 6.07) is 12.9. The molecule has 1 fully saturated rings. The summed E-state index contributed by atoms with van der Waals surface area (Å²) in [5.41, 5.74) is 3.13. The topological polar surface area (TPSA) is 38.5 Å². The molecule has 0 amide bonds. The van der Waals surface area contributed by atoms with E-state index < -0.39 is 0 Å². The van der Waals surface area contributed by atoms with Gasteiger partial charge in [-0.3, -0.25) is 0 Å². The van der Waals surface area contributed by atoms with E-state index in [2.05, 4.69) is 23.0 Å². The van der Waals surface area contributed by atoms with Crippen LogP contribution in [0.25, 0.3) is 11.0 Å². The maximum atomic E-state index is 13.0. The first kappa shape index (κ1) is 19.9. The summed E-state index contributed by atoms with van der Waals surface area (Å²) in [4.78, 5) is 2.51. The highest BCUT2D eigenvalue weighted by atomic mass is 19.1. The van der Waals surface area contributed by atoms with Crippen molar-refractivity contribution in [2.24, 2.45) is 11.8 Å². The summed E-state index contributed by atoms with van der Waals surface area (Å²) in [6.07, 6.45) is 3.35. The van der Waals surface area contributed by atoms with Crippen LogP contribution >= 0.6 is 0 Å². The van der Waals surface area contributed by atoms with Crippen LogP contribution in [0.15, 0.2) is 47.0 Å². The van der Waals surface area contributed by atoms with Crippen LogP contribution in [0.5, 0.6) is 5.88 Å². The van der Waals surface area contributed by atoms with Crippen molar-refractivity contribution in [2.75, 3.05) is 26.2 Å². The minimum Gasteiger partial charge on any atom is -0.475 e. The van der Waals surface area contributed by atoms with E-state index in [4.69, 9.17) is 9.26 Å². The second kappa shape index (κ2) is 8.95. The Bertz CT molecular complexity index is 930. The third-order valence-corrected chi connectivity index (χ3v) is 6.14. The van der Waals surface area contributed by atoms with Crippen LogP contribution in [0.2, 0.25) is 0 Å². The Labute approximate surface area is 171 Å². The monoisotopic (exact) mass is 396 g/mol. The SMILES string of the molecule is Cc1ccc2c(OCC(C)C3CCN(CCc4ccc(F)cc4)CC3)noc2c1. The number of benzene rings is 2. The second-order valence-corrected chi connectivity index (χ2v) is 8.33. The minimum atomic E-state index is -0.167. The highest BCUT2D eigenvalue weighted by molar-refractivity contribution is 5.82. The van der Waals surface area contributed by atoms with Crippen molar-refractivity contribution in [1.82, 2.24) is 10.1 Å². The minimum absolute atomic E-state index is 0.167. The van der Waals surface area contributed by atoms with E-state index in [1.807, 2.05) is 31.2 Å². The van der Waals surface area contributed by atoms with Gasteiger partial charge in [-0.05, 0) is 91.7 Å². The van der Waals surface area contributed by atoms with Crippen molar-refractivity contribution < 1.29 is 13.7 Å². The van der Waals surface area contributed by atoms with E-state index in [0.717, 1.165) is 42.6 Å². The zero-order valence-corrected chi connectivity index (χ0v) is 17.2. The van der Waals surface area contributed by atoms with Crippen LogP contribution in [-0.4, -0.2) is 36.3 Å². The molecule has 2 aromatic carbocycles. The first-order valence-electron chi connectivity index (χ1n) is 10.5. The molecule has 0 bridgehead atoms. The molecule has 0 saturated carbocycles. The molecule has 154 valence electrons. The highest BCUT2D eigenvalue weighted by Crippen LogP contribution is 2.29. The lowest BCUT2D eigenvalue weighted by Crippen LogP contribution is -2.37. The molecule has 5 heteroatoms. The Hall–Kier alpha value is -2.40. The van der Waals surface area contributed by atoms with Crippen LogP contribution in [0.4, 0.5) is 4.39 Å². The molecule has 3 aromatic rings. The molecule has 1 unspecified atom stereocenters. The van der Waals surface area contributed by atoms with E-state index in [9.17, 15) is 4.39 Å². The van der Waals surface area contributed by atoms with Gasteiger partial charge in [0.05, 0.1) is 12.0 Å². The van der Waals surface area contributed by atoms with Crippen molar-refractivity contribution in [1.29, 1.82) is 0 Å². The van der Waals surface area contributed by atoms with Crippen LogP contribution in [0.1, 0.15) is 30.9 Å². The van der Waals surface area contributed by atoms with Crippen molar-refractivity contribution in [2.45, 2.75) is 33.1 Å². The number of ether oxygens (including phenoxy) is 1. The molecule has 1 atom stereocenters. The average Bonchev–Trinajstić information content (AvgIpc) is 3.14. The lowest BCUT2D eigenvalue weighted by molar-refractivity contribution is 0.121. The van der Waals surface area contributed by atoms with Gasteiger partial charge in [-0.2, -0.15) is 0 Å². The molecule has 4 nitrogen and oxygen atoms in total. The summed E-state index contributed by atoms with van der Waals surface area (Å²) >= 11 is 0. The van der Waals surface area contributed by atoms with Gasteiger partial charge in [0.25, 0.3) is 5.88 Å². The molecule has 1 aliphatic heterocycles. The molecule has 2 heterocycles. The summed E-state index contributed by atoms with van der Waals surface area (Å²) in [7, 11) is 0. The Morgan fingerprint density at radius 3 is 2.69 bits per heavy atom. The zero-order chi connectivity index (χ0) is 20.2. The number of piperidine rings is 1. The largest absolute Gasteiger partial charge is 0.475 e. The van der Waals surface area contributed by atoms with E-state index in [1.165, 1.54) is 18.4 Å². The smallest absolute Gasteiger partial charge is 0.262 e. The number of hydrogen-bond acceptors (Lipinski definition) is 4. The maximum Gasteiger partial charge on any atom is 0.262 e.